The topological polar surface area (TPSA) is 38.3 Å². The van der Waals surface area contributed by atoms with Gasteiger partial charge >= 0.3 is 0 Å². The summed E-state index contributed by atoms with van der Waals surface area (Å²) in [5.41, 5.74) is 3.90. The summed E-state index contributed by atoms with van der Waals surface area (Å²) in [5, 5.41) is 1.04. The zero-order valence-electron chi connectivity index (χ0n) is 12.4. The lowest BCUT2D eigenvalue weighted by Gasteiger charge is -2.17. The first-order valence-corrected chi connectivity index (χ1v) is 6.75. The average molecular weight is 279 g/mol. The molecule has 2 heterocycles. The molecule has 0 fully saturated rings. The fourth-order valence-electron chi connectivity index (χ4n) is 2.33. The molecule has 1 aromatic carbocycles. The second-order valence-electron chi connectivity index (χ2n) is 5.05. The third kappa shape index (κ3) is 2.52. The number of benzene rings is 1. The number of anilines is 1. The van der Waals surface area contributed by atoms with E-state index in [1.807, 2.05) is 55.5 Å². The molecule has 0 aliphatic carbocycles. The van der Waals surface area contributed by atoms with Crippen LogP contribution in [-0.4, -0.2) is 31.2 Å². The summed E-state index contributed by atoms with van der Waals surface area (Å²) >= 11 is 0. The molecule has 0 radical (unpaired) electrons. The van der Waals surface area contributed by atoms with Crippen molar-refractivity contribution >= 4 is 16.6 Å². The largest absolute Gasteiger partial charge is 0.495 e. The molecule has 0 spiro atoms. The number of fused-ring (bicyclic) bond motifs is 1. The average Bonchev–Trinajstić information content (AvgIpc) is 2.53. The van der Waals surface area contributed by atoms with Gasteiger partial charge in [-0.05, 0) is 30.3 Å². The van der Waals surface area contributed by atoms with E-state index in [2.05, 4.69) is 16.0 Å². The van der Waals surface area contributed by atoms with Gasteiger partial charge in [-0.1, -0.05) is 6.07 Å². The normalized spacial score (nSPS) is 10.6. The van der Waals surface area contributed by atoms with E-state index >= 15 is 0 Å². The molecule has 3 rings (SSSR count). The Morgan fingerprint density at radius 1 is 1.05 bits per heavy atom. The van der Waals surface area contributed by atoms with Crippen LogP contribution in [0.15, 0.2) is 48.8 Å². The Labute approximate surface area is 124 Å². The van der Waals surface area contributed by atoms with Gasteiger partial charge in [0.2, 0.25) is 0 Å². The van der Waals surface area contributed by atoms with Crippen LogP contribution < -0.4 is 9.64 Å². The molecule has 21 heavy (non-hydrogen) atoms. The summed E-state index contributed by atoms with van der Waals surface area (Å²) in [6.45, 7) is 0. The zero-order valence-corrected chi connectivity index (χ0v) is 12.4. The van der Waals surface area contributed by atoms with Crippen molar-refractivity contribution in [2.75, 3.05) is 26.1 Å². The van der Waals surface area contributed by atoms with Gasteiger partial charge in [-0.2, -0.15) is 0 Å². The number of ether oxygens (including phenoxy) is 1. The van der Waals surface area contributed by atoms with E-state index in [-0.39, 0.29) is 0 Å². The predicted molar refractivity (Wildman–Crippen MR) is 85.9 cm³/mol. The molecule has 3 aromatic rings. The van der Waals surface area contributed by atoms with Crippen molar-refractivity contribution in [2.24, 2.45) is 0 Å². The van der Waals surface area contributed by atoms with E-state index in [0.717, 1.165) is 33.6 Å². The number of nitrogens with zero attached hydrogens (tertiary/aromatic N) is 3. The predicted octanol–water partition coefficient (Wildman–Crippen LogP) is 3.37. The van der Waals surface area contributed by atoms with Crippen LogP contribution in [0.4, 0.5) is 5.69 Å². The van der Waals surface area contributed by atoms with Gasteiger partial charge in [-0.15, -0.1) is 0 Å². The molecular weight excluding hydrogens is 262 g/mol. The Hall–Kier alpha value is -2.62. The van der Waals surface area contributed by atoms with Gasteiger partial charge in [-0.25, -0.2) is 0 Å². The zero-order chi connectivity index (χ0) is 14.8. The van der Waals surface area contributed by atoms with Crippen molar-refractivity contribution in [3.8, 4) is 17.0 Å². The highest BCUT2D eigenvalue weighted by atomic mass is 16.5. The Morgan fingerprint density at radius 2 is 1.90 bits per heavy atom. The summed E-state index contributed by atoms with van der Waals surface area (Å²) in [4.78, 5) is 10.9. The van der Waals surface area contributed by atoms with Gasteiger partial charge in [0.25, 0.3) is 0 Å². The molecule has 0 aliphatic heterocycles. The SMILES string of the molecule is COc1cc(-c2cc3ncccc3cn2)ccc1N(C)C. The van der Waals surface area contributed by atoms with Gasteiger partial charge in [0.15, 0.2) is 0 Å². The number of hydrogen-bond donors (Lipinski definition) is 0. The van der Waals surface area contributed by atoms with E-state index in [1.165, 1.54) is 0 Å². The molecule has 4 nitrogen and oxygen atoms in total. The van der Waals surface area contributed by atoms with Crippen molar-refractivity contribution in [1.29, 1.82) is 0 Å². The lowest BCUT2D eigenvalue weighted by atomic mass is 10.1. The van der Waals surface area contributed by atoms with Crippen LogP contribution in [-0.2, 0) is 0 Å². The maximum Gasteiger partial charge on any atom is 0.142 e. The highest BCUT2D eigenvalue weighted by molar-refractivity contribution is 5.82. The van der Waals surface area contributed by atoms with Gasteiger partial charge < -0.3 is 9.64 Å². The minimum atomic E-state index is 0.834. The van der Waals surface area contributed by atoms with Crippen LogP contribution in [0, 0.1) is 0 Å². The molecule has 0 saturated carbocycles. The summed E-state index contributed by atoms with van der Waals surface area (Å²) in [5.74, 6) is 0.834. The van der Waals surface area contributed by atoms with Crippen LogP contribution >= 0.6 is 0 Å². The van der Waals surface area contributed by atoms with Gasteiger partial charge in [-0.3, -0.25) is 9.97 Å². The first kappa shape index (κ1) is 13.4. The molecule has 0 saturated heterocycles. The molecule has 0 atom stereocenters. The first-order chi connectivity index (χ1) is 10.2. The van der Waals surface area contributed by atoms with Crippen LogP contribution in [0.3, 0.4) is 0 Å². The quantitative estimate of drug-likeness (QED) is 0.736. The monoisotopic (exact) mass is 279 g/mol. The van der Waals surface area contributed by atoms with Gasteiger partial charge in [0.05, 0.1) is 24.0 Å². The Balaban J connectivity index is 2.09. The van der Waals surface area contributed by atoms with Crippen molar-refractivity contribution < 1.29 is 4.74 Å². The molecule has 0 amide bonds. The molecular formula is C17H17N3O. The van der Waals surface area contributed by atoms with Crippen LogP contribution in [0.5, 0.6) is 5.75 Å². The molecule has 0 N–H and O–H groups in total. The van der Waals surface area contributed by atoms with Crippen molar-refractivity contribution in [3.63, 3.8) is 0 Å². The summed E-state index contributed by atoms with van der Waals surface area (Å²) in [7, 11) is 5.67. The molecule has 0 bridgehead atoms. The first-order valence-electron chi connectivity index (χ1n) is 6.75. The second-order valence-corrected chi connectivity index (χ2v) is 5.05. The Kier molecular flexibility index (Phi) is 3.44. The third-order valence-corrected chi connectivity index (χ3v) is 3.44. The lowest BCUT2D eigenvalue weighted by molar-refractivity contribution is 0.415. The molecule has 0 aliphatic rings. The Morgan fingerprint density at radius 3 is 2.67 bits per heavy atom. The minimum Gasteiger partial charge on any atom is -0.495 e. The smallest absolute Gasteiger partial charge is 0.142 e. The minimum absolute atomic E-state index is 0.834. The maximum atomic E-state index is 5.47. The summed E-state index contributed by atoms with van der Waals surface area (Å²) < 4.78 is 5.47. The number of aromatic nitrogens is 2. The number of pyridine rings is 2. The number of methoxy groups -OCH3 is 1. The maximum absolute atomic E-state index is 5.47. The fourth-order valence-corrected chi connectivity index (χ4v) is 2.33. The Bertz CT molecular complexity index is 784. The standard InChI is InChI=1S/C17H17N3O/c1-20(2)16-7-6-12(9-17(16)21-3)14-10-15-13(11-19-14)5-4-8-18-15/h4-11H,1-3H3. The molecule has 0 unspecified atom stereocenters. The van der Waals surface area contributed by atoms with E-state index < -0.39 is 0 Å². The van der Waals surface area contributed by atoms with E-state index in [1.54, 1.807) is 13.3 Å². The molecule has 2 aromatic heterocycles. The third-order valence-electron chi connectivity index (χ3n) is 3.44. The lowest BCUT2D eigenvalue weighted by Crippen LogP contribution is -2.10. The van der Waals surface area contributed by atoms with Gasteiger partial charge in [0, 0.05) is 37.4 Å². The van der Waals surface area contributed by atoms with E-state index in [9.17, 15) is 0 Å². The van der Waals surface area contributed by atoms with Crippen molar-refractivity contribution in [2.45, 2.75) is 0 Å². The number of rotatable bonds is 3. The fraction of sp³-hybridized carbons (Fsp3) is 0.176. The second kappa shape index (κ2) is 5.40. The van der Waals surface area contributed by atoms with Crippen LogP contribution in [0.25, 0.3) is 22.2 Å². The van der Waals surface area contributed by atoms with Crippen molar-refractivity contribution in [1.82, 2.24) is 9.97 Å². The summed E-state index contributed by atoms with van der Waals surface area (Å²) in [6, 6.07) is 12.0. The van der Waals surface area contributed by atoms with Crippen molar-refractivity contribution in [3.05, 3.63) is 48.8 Å². The van der Waals surface area contributed by atoms with Crippen LogP contribution in [0.2, 0.25) is 0 Å². The van der Waals surface area contributed by atoms with Crippen LogP contribution in [0.1, 0.15) is 0 Å². The van der Waals surface area contributed by atoms with E-state index in [0.29, 0.717) is 0 Å². The van der Waals surface area contributed by atoms with E-state index in [4.69, 9.17) is 4.74 Å². The summed E-state index contributed by atoms with van der Waals surface area (Å²) in [6.07, 6.45) is 3.64. The molecule has 106 valence electrons. The molecule has 4 heteroatoms. The highest BCUT2D eigenvalue weighted by Gasteiger charge is 2.09. The highest BCUT2D eigenvalue weighted by Crippen LogP contribution is 2.32. The number of hydrogen-bond acceptors (Lipinski definition) is 4. The van der Waals surface area contributed by atoms with Gasteiger partial charge in [0.1, 0.15) is 5.75 Å².